The van der Waals surface area contributed by atoms with Crippen LogP contribution >= 0.6 is 0 Å². The summed E-state index contributed by atoms with van der Waals surface area (Å²) in [5, 5.41) is 2.49. The number of hydrogen-bond donors (Lipinski definition) is 0. The van der Waals surface area contributed by atoms with Gasteiger partial charge in [-0.15, -0.1) is 0 Å². The highest BCUT2D eigenvalue weighted by Crippen LogP contribution is 2.35. The third-order valence-corrected chi connectivity index (χ3v) is 9.82. The topological polar surface area (TPSA) is 62.6 Å². The standard InChI is InChI=1S/C41H30N6O/c48-41-46(39-25-11-23-37(42-39)44-31-17-5-1-13-27(31)28-14-2-6-18-32(28)44)35-21-9-10-22-36(35)47(41)40-26-12-24-38(43-40)45-33-19-7-3-15-29(33)30-16-4-8-20-34(30)45/h1,3,5-13,15,17-26H,2,4,14,16H2. The molecule has 0 spiro atoms. The van der Waals surface area contributed by atoms with Crippen molar-refractivity contribution < 1.29 is 0 Å². The quantitative estimate of drug-likeness (QED) is 0.198. The van der Waals surface area contributed by atoms with Crippen LogP contribution in [0.2, 0.25) is 0 Å². The summed E-state index contributed by atoms with van der Waals surface area (Å²) >= 11 is 0. The molecule has 2 aliphatic rings. The summed E-state index contributed by atoms with van der Waals surface area (Å²) in [4.78, 5) is 24.9. The van der Waals surface area contributed by atoms with E-state index in [4.69, 9.17) is 9.97 Å². The van der Waals surface area contributed by atoms with Crippen LogP contribution in [0.3, 0.4) is 0 Å². The Balaban J connectivity index is 1.16. The van der Waals surface area contributed by atoms with Crippen molar-refractivity contribution in [3.63, 3.8) is 0 Å². The monoisotopic (exact) mass is 622 g/mol. The van der Waals surface area contributed by atoms with Crippen LogP contribution in [-0.4, -0.2) is 28.2 Å². The highest BCUT2D eigenvalue weighted by atomic mass is 16.2. The number of nitrogens with zero attached hydrogens (tertiary/aromatic N) is 6. The predicted octanol–water partition coefficient (Wildman–Crippen LogP) is 8.38. The number of para-hydroxylation sites is 4. The fourth-order valence-corrected chi connectivity index (χ4v) is 7.78. The van der Waals surface area contributed by atoms with Crippen LogP contribution in [0.15, 0.2) is 126 Å². The van der Waals surface area contributed by atoms with Crippen molar-refractivity contribution in [2.75, 3.05) is 0 Å². The predicted molar refractivity (Wildman–Crippen MR) is 193 cm³/mol. The molecule has 3 aromatic carbocycles. The van der Waals surface area contributed by atoms with Gasteiger partial charge in [0.1, 0.15) is 23.3 Å². The van der Waals surface area contributed by atoms with E-state index in [1.54, 1.807) is 9.13 Å². The zero-order valence-electron chi connectivity index (χ0n) is 26.1. The zero-order chi connectivity index (χ0) is 31.8. The van der Waals surface area contributed by atoms with E-state index in [-0.39, 0.29) is 5.69 Å². The summed E-state index contributed by atoms with van der Waals surface area (Å²) < 4.78 is 7.85. The fourth-order valence-electron chi connectivity index (χ4n) is 7.78. The second-order valence-corrected chi connectivity index (χ2v) is 12.5. The number of hydrogen-bond acceptors (Lipinski definition) is 3. The number of benzene rings is 3. The molecule has 5 aromatic heterocycles. The number of aryl methyl sites for hydroxylation is 2. The third-order valence-electron chi connectivity index (χ3n) is 9.82. The molecular formula is C41H30N6O. The minimum atomic E-state index is -0.218. The second kappa shape index (κ2) is 10.4. The van der Waals surface area contributed by atoms with Gasteiger partial charge in [-0.1, -0.05) is 72.8 Å². The largest absolute Gasteiger partial charge is 0.340 e. The molecule has 0 atom stereocenters. The Morgan fingerprint density at radius 2 is 0.833 bits per heavy atom. The van der Waals surface area contributed by atoms with Gasteiger partial charge in [-0.05, 0) is 97.5 Å². The van der Waals surface area contributed by atoms with Crippen molar-refractivity contribution in [1.29, 1.82) is 0 Å². The maximum absolute atomic E-state index is 14.6. The first-order chi connectivity index (χ1) is 23.8. The van der Waals surface area contributed by atoms with Gasteiger partial charge in [-0.2, -0.15) is 0 Å². The van der Waals surface area contributed by atoms with E-state index in [1.165, 1.54) is 21.9 Å². The number of aromatic nitrogens is 6. The Bertz CT molecular complexity index is 2530. The molecule has 0 radical (unpaired) electrons. The summed E-state index contributed by atoms with van der Waals surface area (Å²) in [6.07, 6.45) is 12.9. The van der Waals surface area contributed by atoms with Crippen LogP contribution in [0.5, 0.6) is 0 Å². The van der Waals surface area contributed by atoms with Crippen LogP contribution in [-0.2, 0) is 12.8 Å². The van der Waals surface area contributed by atoms with E-state index in [9.17, 15) is 4.79 Å². The van der Waals surface area contributed by atoms with Gasteiger partial charge >= 0.3 is 5.69 Å². The van der Waals surface area contributed by atoms with E-state index >= 15 is 0 Å². The Morgan fingerprint density at radius 3 is 1.29 bits per heavy atom. The molecular weight excluding hydrogens is 592 g/mol. The summed E-state index contributed by atoms with van der Waals surface area (Å²) in [5.74, 6) is 2.67. The molecule has 0 saturated heterocycles. The van der Waals surface area contributed by atoms with E-state index in [0.717, 1.165) is 70.8 Å². The summed E-state index contributed by atoms with van der Waals surface area (Å²) in [6, 6.07) is 36.7. The van der Waals surface area contributed by atoms with Crippen molar-refractivity contribution in [2.45, 2.75) is 25.7 Å². The molecule has 2 aliphatic carbocycles. The molecule has 5 heterocycles. The first kappa shape index (κ1) is 27.0. The van der Waals surface area contributed by atoms with Crippen LogP contribution in [0.4, 0.5) is 0 Å². The van der Waals surface area contributed by atoms with Crippen molar-refractivity contribution >= 4 is 45.0 Å². The molecule has 0 fully saturated rings. The van der Waals surface area contributed by atoms with Crippen molar-refractivity contribution in [1.82, 2.24) is 28.2 Å². The molecule has 0 saturated carbocycles. The number of fused-ring (bicyclic) bond motifs is 7. The van der Waals surface area contributed by atoms with Gasteiger partial charge < -0.3 is 0 Å². The summed E-state index contributed by atoms with van der Waals surface area (Å²) in [6.45, 7) is 0. The van der Waals surface area contributed by atoms with Crippen molar-refractivity contribution in [3.8, 4) is 23.3 Å². The molecule has 0 unspecified atom stereocenters. The minimum Gasteiger partial charge on any atom is -0.294 e. The SMILES string of the molecule is O=c1n(-c2cccc(-n3c4c(c5ccccc53)CCC=C4)n2)c2ccccc2n1-c1cccc(-n2c3c(c4ccccc42)CCC=C3)n1. The van der Waals surface area contributed by atoms with E-state index in [0.29, 0.717) is 11.6 Å². The number of rotatable bonds is 4. The first-order valence-corrected chi connectivity index (χ1v) is 16.5. The lowest BCUT2D eigenvalue weighted by Gasteiger charge is -2.13. The Morgan fingerprint density at radius 1 is 0.438 bits per heavy atom. The van der Waals surface area contributed by atoms with Crippen LogP contribution in [0.1, 0.15) is 35.4 Å². The Kier molecular flexibility index (Phi) is 5.84. The maximum Gasteiger partial charge on any atom is 0.340 e. The lowest BCUT2D eigenvalue weighted by Crippen LogP contribution is -2.24. The second-order valence-electron chi connectivity index (χ2n) is 12.5. The molecule has 0 aliphatic heterocycles. The molecule has 230 valence electrons. The molecule has 7 nitrogen and oxygen atoms in total. The number of imidazole rings is 1. The highest BCUT2D eigenvalue weighted by molar-refractivity contribution is 5.91. The van der Waals surface area contributed by atoms with Crippen LogP contribution in [0, 0.1) is 0 Å². The van der Waals surface area contributed by atoms with E-state index in [2.05, 4.69) is 82.0 Å². The van der Waals surface area contributed by atoms with Crippen LogP contribution in [0.25, 0.3) is 68.3 Å². The Labute approximate surface area is 276 Å². The van der Waals surface area contributed by atoms with Crippen LogP contribution < -0.4 is 5.69 Å². The molecule has 0 N–H and O–H groups in total. The molecule has 10 rings (SSSR count). The molecule has 0 bridgehead atoms. The molecule has 8 aromatic rings. The van der Waals surface area contributed by atoms with Gasteiger partial charge in [0.2, 0.25) is 0 Å². The number of pyridine rings is 2. The van der Waals surface area contributed by atoms with Gasteiger partial charge in [-0.25, -0.2) is 23.9 Å². The smallest absolute Gasteiger partial charge is 0.294 e. The van der Waals surface area contributed by atoms with Gasteiger partial charge in [0.25, 0.3) is 0 Å². The lowest BCUT2D eigenvalue weighted by atomic mass is 10.0. The normalized spacial score (nSPS) is 13.8. The minimum absolute atomic E-state index is 0.218. The molecule has 7 heteroatoms. The summed E-state index contributed by atoms with van der Waals surface area (Å²) in [7, 11) is 0. The van der Waals surface area contributed by atoms with Gasteiger partial charge in [0.05, 0.1) is 33.5 Å². The van der Waals surface area contributed by atoms with Gasteiger partial charge in [0.15, 0.2) is 0 Å². The first-order valence-electron chi connectivity index (χ1n) is 16.5. The Hall–Kier alpha value is -6.21. The fraction of sp³-hybridized carbons (Fsp3) is 0.0976. The van der Waals surface area contributed by atoms with E-state index < -0.39 is 0 Å². The third kappa shape index (κ3) is 3.84. The highest BCUT2D eigenvalue weighted by Gasteiger charge is 2.23. The van der Waals surface area contributed by atoms with Crippen molar-refractivity contribution in [3.05, 3.63) is 154 Å². The van der Waals surface area contributed by atoms with Crippen molar-refractivity contribution in [2.24, 2.45) is 0 Å². The average Bonchev–Trinajstić information content (AvgIpc) is 3.77. The van der Waals surface area contributed by atoms with Gasteiger partial charge in [0, 0.05) is 10.8 Å². The van der Waals surface area contributed by atoms with Gasteiger partial charge in [-0.3, -0.25) is 9.13 Å². The lowest BCUT2D eigenvalue weighted by molar-refractivity contribution is 0.866. The average molecular weight is 623 g/mol. The zero-order valence-corrected chi connectivity index (χ0v) is 26.1. The maximum atomic E-state index is 14.6. The summed E-state index contributed by atoms with van der Waals surface area (Å²) in [5.41, 5.74) is 8.53. The van der Waals surface area contributed by atoms with E-state index in [1.807, 2.05) is 60.7 Å². The number of allylic oxidation sites excluding steroid dienone is 2. The molecule has 0 amide bonds. The molecule has 48 heavy (non-hydrogen) atoms.